The van der Waals surface area contributed by atoms with Crippen LogP contribution >= 0.6 is 0 Å². The number of anilines is 1. The van der Waals surface area contributed by atoms with Crippen LogP contribution in [-0.2, 0) is 21.2 Å². The average Bonchev–Trinajstić information content (AvgIpc) is 2.93. The van der Waals surface area contributed by atoms with Crippen molar-refractivity contribution in [1.82, 2.24) is 9.78 Å². The number of aliphatic carboxylic acids is 1. The van der Waals surface area contributed by atoms with Gasteiger partial charge in [0.15, 0.2) is 15.7 Å². The van der Waals surface area contributed by atoms with E-state index in [4.69, 9.17) is 5.11 Å². The molecule has 0 aliphatic rings. The van der Waals surface area contributed by atoms with Crippen LogP contribution in [0.3, 0.4) is 0 Å². The quantitative estimate of drug-likeness (QED) is 0.812. The summed E-state index contributed by atoms with van der Waals surface area (Å²) in [6.45, 7) is 2.87. The van der Waals surface area contributed by atoms with Gasteiger partial charge < -0.3 is 10.4 Å². The van der Waals surface area contributed by atoms with E-state index in [0.29, 0.717) is 0 Å². The molecule has 0 bridgehead atoms. The van der Waals surface area contributed by atoms with Gasteiger partial charge in [-0.2, -0.15) is 5.10 Å². The highest BCUT2D eigenvalue weighted by molar-refractivity contribution is 7.92. The molecule has 1 heterocycles. The van der Waals surface area contributed by atoms with E-state index in [9.17, 15) is 18.0 Å². The van der Waals surface area contributed by atoms with Gasteiger partial charge in [-0.05, 0) is 38.1 Å². The lowest BCUT2D eigenvalue weighted by Crippen LogP contribution is -2.16. The Bertz CT molecular complexity index is 853. The number of hydrogen-bond acceptors (Lipinski definition) is 5. The molecule has 1 aromatic heterocycles. The van der Waals surface area contributed by atoms with Gasteiger partial charge in [-0.15, -0.1) is 0 Å². The lowest BCUT2D eigenvalue weighted by molar-refractivity contribution is -0.137. The molecule has 24 heavy (non-hydrogen) atoms. The van der Waals surface area contributed by atoms with Gasteiger partial charge in [0.25, 0.3) is 5.91 Å². The lowest BCUT2D eigenvalue weighted by atomic mass is 10.2. The highest BCUT2D eigenvalue weighted by Crippen LogP contribution is 2.17. The molecule has 0 saturated carbocycles. The molecule has 8 nitrogen and oxygen atoms in total. The number of nitrogens with zero attached hydrogens (tertiary/aromatic N) is 2. The maximum Gasteiger partial charge on any atom is 0.325 e. The maximum absolute atomic E-state index is 12.1. The predicted octanol–water partition coefficient (Wildman–Crippen LogP) is 1.40. The molecule has 0 fully saturated rings. The van der Waals surface area contributed by atoms with Crippen LogP contribution < -0.4 is 5.32 Å². The van der Waals surface area contributed by atoms with Crippen molar-refractivity contribution < 1.29 is 23.1 Å². The smallest absolute Gasteiger partial charge is 0.325 e. The van der Waals surface area contributed by atoms with Crippen LogP contribution in [0, 0.1) is 0 Å². The third kappa shape index (κ3) is 3.99. The molecule has 0 spiro atoms. The number of rotatable bonds is 6. The van der Waals surface area contributed by atoms with Crippen LogP contribution in [0.15, 0.2) is 41.4 Å². The molecular formula is C15H17N3O5S. The first-order valence-electron chi connectivity index (χ1n) is 7.10. The number of carboxylic acids is 1. The van der Waals surface area contributed by atoms with Crippen molar-refractivity contribution in [2.45, 2.75) is 30.5 Å². The summed E-state index contributed by atoms with van der Waals surface area (Å²) in [6.07, 6.45) is 1.43. The SMILES string of the molecule is CC(C)S(=O)(=O)c1ccc(C(=O)Nc2ccn(CC(=O)O)n2)cc1. The zero-order valence-corrected chi connectivity index (χ0v) is 13.9. The summed E-state index contributed by atoms with van der Waals surface area (Å²) in [5.74, 6) is -1.30. The fraction of sp³-hybridized carbons (Fsp3) is 0.267. The molecule has 2 aromatic rings. The molecule has 0 aliphatic carbocycles. The van der Waals surface area contributed by atoms with Gasteiger partial charge in [0.05, 0.1) is 10.1 Å². The standard InChI is InChI=1S/C15H17N3O5S/c1-10(2)24(22,23)12-5-3-11(4-6-12)15(21)16-13-7-8-18(17-13)9-14(19)20/h3-8,10H,9H2,1-2H3,(H,19,20)(H,16,17,21). The largest absolute Gasteiger partial charge is 0.480 e. The van der Waals surface area contributed by atoms with E-state index in [1.165, 1.54) is 41.2 Å². The van der Waals surface area contributed by atoms with Crippen LogP contribution in [0.4, 0.5) is 5.82 Å². The number of carbonyl (C=O) groups excluding carboxylic acids is 1. The van der Waals surface area contributed by atoms with E-state index in [2.05, 4.69) is 10.4 Å². The van der Waals surface area contributed by atoms with Crippen molar-refractivity contribution in [3.63, 3.8) is 0 Å². The molecular weight excluding hydrogens is 334 g/mol. The number of carboxylic acid groups (broad SMARTS) is 1. The van der Waals surface area contributed by atoms with Gasteiger partial charge in [-0.25, -0.2) is 8.42 Å². The van der Waals surface area contributed by atoms with E-state index in [-0.39, 0.29) is 22.8 Å². The second-order valence-electron chi connectivity index (χ2n) is 5.36. The monoisotopic (exact) mass is 351 g/mol. The van der Waals surface area contributed by atoms with Gasteiger partial charge >= 0.3 is 5.97 Å². The Balaban J connectivity index is 2.10. The van der Waals surface area contributed by atoms with Crippen LogP contribution in [0.1, 0.15) is 24.2 Å². The first-order valence-corrected chi connectivity index (χ1v) is 8.65. The van der Waals surface area contributed by atoms with Crippen LogP contribution in [0.5, 0.6) is 0 Å². The summed E-state index contributed by atoms with van der Waals surface area (Å²) < 4.78 is 25.2. The Morgan fingerprint density at radius 3 is 2.38 bits per heavy atom. The Kier molecular flexibility index (Phi) is 5.03. The molecule has 0 unspecified atom stereocenters. The van der Waals surface area contributed by atoms with Crippen molar-refractivity contribution in [3.8, 4) is 0 Å². The molecule has 0 aliphatic heterocycles. The molecule has 2 rings (SSSR count). The highest BCUT2D eigenvalue weighted by atomic mass is 32.2. The number of sulfone groups is 1. The molecule has 2 N–H and O–H groups in total. The summed E-state index contributed by atoms with van der Waals surface area (Å²) >= 11 is 0. The normalized spacial score (nSPS) is 11.5. The summed E-state index contributed by atoms with van der Waals surface area (Å²) in [5.41, 5.74) is 0.269. The number of benzene rings is 1. The van der Waals surface area contributed by atoms with Gasteiger partial charge in [0.2, 0.25) is 0 Å². The van der Waals surface area contributed by atoms with E-state index < -0.39 is 27.0 Å². The second kappa shape index (κ2) is 6.83. The average molecular weight is 351 g/mol. The van der Waals surface area contributed by atoms with E-state index >= 15 is 0 Å². The molecule has 1 aromatic carbocycles. The van der Waals surface area contributed by atoms with Crippen LogP contribution in [0.2, 0.25) is 0 Å². The first-order chi connectivity index (χ1) is 11.2. The topological polar surface area (TPSA) is 118 Å². The molecule has 1 amide bonds. The van der Waals surface area contributed by atoms with Crippen LogP contribution in [0.25, 0.3) is 0 Å². The zero-order chi connectivity index (χ0) is 17.9. The zero-order valence-electron chi connectivity index (χ0n) is 13.1. The second-order valence-corrected chi connectivity index (χ2v) is 7.87. The van der Waals surface area contributed by atoms with Gasteiger partial charge in [0.1, 0.15) is 6.54 Å². The minimum absolute atomic E-state index is 0.153. The minimum Gasteiger partial charge on any atom is -0.480 e. The van der Waals surface area contributed by atoms with Crippen molar-refractivity contribution in [2.75, 3.05) is 5.32 Å². The molecule has 0 saturated heterocycles. The third-order valence-corrected chi connectivity index (χ3v) is 5.42. The maximum atomic E-state index is 12.1. The summed E-state index contributed by atoms with van der Waals surface area (Å²) in [4.78, 5) is 22.9. The molecule has 9 heteroatoms. The van der Waals surface area contributed by atoms with Crippen molar-refractivity contribution >= 4 is 27.5 Å². The minimum atomic E-state index is -3.39. The third-order valence-electron chi connectivity index (χ3n) is 3.25. The summed E-state index contributed by atoms with van der Waals surface area (Å²) in [6, 6.07) is 7.07. The Labute approximate surface area is 139 Å². The number of nitrogens with one attached hydrogen (secondary N) is 1. The van der Waals surface area contributed by atoms with Gasteiger partial charge in [0, 0.05) is 17.8 Å². The summed E-state index contributed by atoms with van der Waals surface area (Å²) in [7, 11) is -3.39. The van der Waals surface area contributed by atoms with Crippen molar-refractivity contribution in [2.24, 2.45) is 0 Å². The fourth-order valence-electron chi connectivity index (χ4n) is 1.91. The molecule has 0 atom stereocenters. The number of aromatic nitrogens is 2. The molecule has 0 radical (unpaired) electrons. The van der Waals surface area contributed by atoms with Crippen molar-refractivity contribution in [3.05, 3.63) is 42.1 Å². The molecule has 128 valence electrons. The van der Waals surface area contributed by atoms with Gasteiger partial charge in [-0.1, -0.05) is 0 Å². The summed E-state index contributed by atoms with van der Waals surface area (Å²) in [5, 5.41) is 14.5. The predicted molar refractivity (Wildman–Crippen MR) is 86.6 cm³/mol. The fourth-order valence-corrected chi connectivity index (χ4v) is 2.97. The van der Waals surface area contributed by atoms with Crippen molar-refractivity contribution in [1.29, 1.82) is 0 Å². The first kappa shape index (κ1) is 17.7. The number of amides is 1. The Hall–Kier alpha value is -2.68. The Morgan fingerprint density at radius 1 is 1.21 bits per heavy atom. The number of carbonyl (C=O) groups is 2. The highest BCUT2D eigenvalue weighted by Gasteiger charge is 2.19. The van der Waals surface area contributed by atoms with Gasteiger partial charge in [-0.3, -0.25) is 14.3 Å². The van der Waals surface area contributed by atoms with E-state index in [1.54, 1.807) is 13.8 Å². The van der Waals surface area contributed by atoms with E-state index in [1.807, 2.05) is 0 Å². The Morgan fingerprint density at radius 2 is 1.83 bits per heavy atom. The van der Waals surface area contributed by atoms with Crippen LogP contribution in [-0.4, -0.2) is 40.4 Å². The number of hydrogen-bond donors (Lipinski definition) is 2. The van der Waals surface area contributed by atoms with E-state index in [0.717, 1.165) is 0 Å². The lowest BCUT2D eigenvalue weighted by Gasteiger charge is -2.08.